The molecule has 1 saturated heterocycles. The Hall–Kier alpha value is -3.94. The van der Waals surface area contributed by atoms with Crippen LogP contribution in [-0.4, -0.2) is 76.7 Å². The normalized spacial score (nSPS) is 16.5. The molecule has 1 aromatic carbocycles. The smallest absolute Gasteiger partial charge is 0.254 e. The summed E-state index contributed by atoms with van der Waals surface area (Å²) in [5, 5.41) is 12.5. The van der Waals surface area contributed by atoms with Gasteiger partial charge in [-0.15, -0.1) is 0 Å². The number of carbonyl (C=O) groups is 1. The third-order valence-electron chi connectivity index (χ3n) is 7.49. The largest absolute Gasteiger partial charge is 0.492 e. The lowest BCUT2D eigenvalue weighted by atomic mass is 9.90. The molecule has 2 aromatic heterocycles. The van der Waals surface area contributed by atoms with E-state index in [2.05, 4.69) is 32.3 Å². The summed E-state index contributed by atoms with van der Waals surface area (Å²) in [6.45, 7) is 9.53. The summed E-state index contributed by atoms with van der Waals surface area (Å²) < 4.78 is 13.3. The molecule has 204 valence electrons. The van der Waals surface area contributed by atoms with E-state index in [-0.39, 0.29) is 11.9 Å². The van der Waals surface area contributed by atoms with Crippen molar-refractivity contribution >= 4 is 11.9 Å². The number of pyridine rings is 1. The van der Waals surface area contributed by atoms with Crippen molar-refractivity contribution in [1.82, 2.24) is 24.3 Å². The van der Waals surface area contributed by atoms with Crippen LogP contribution < -0.4 is 10.1 Å². The molecule has 1 amide bonds. The second kappa shape index (κ2) is 11.8. The van der Waals surface area contributed by atoms with Crippen molar-refractivity contribution in [3.63, 3.8) is 0 Å². The molecule has 39 heavy (non-hydrogen) atoms. The van der Waals surface area contributed by atoms with Crippen LogP contribution in [-0.2, 0) is 24.2 Å². The fraction of sp³-hybridized carbons (Fsp3) is 0.448. The number of morpholine rings is 1. The van der Waals surface area contributed by atoms with Gasteiger partial charge in [0.05, 0.1) is 38.1 Å². The predicted octanol–water partition coefficient (Wildman–Crippen LogP) is 3.23. The maximum atomic E-state index is 14.0. The third kappa shape index (κ3) is 5.60. The van der Waals surface area contributed by atoms with Crippen molar-refractivity contribution in [3.05, 3.63) is 70.3 Å². The number of anilines is 1. The maximum absolute atomic E-state index is 14.0. The van der Waals surface area contributed by atoms with Crippen molar-refractivity contribution < 1.29 is 14.3 Å². The molecule has 5 rings (SSSR count). The summed E-state index contributed by atoms with van der Waals surface area (Å²) in [5.74, 6) is 1.27. The lowest BCUT2D eigenvalue weighted by Crippen LogP contribution is -2.41. The average molecular weight is 530 g/mol. The van der Waals surface area contributed by atoms with E-state index in [0.29, 0.717) is 36.7 Å². The highest BCUT2D eigenvalue weighted by molar-refractivity contribution is 5.97. The van der Waals surface area contributed by atoms with E-state index in [1.165, 1.54) is 11.8 Å². The van der Waals surface area contributed by atoms with Crippen LogP contribution in [0.4, 0.5) is 5.95 Å². The number of nitrogens with one attached hydrogen (secondary N) is 1. The topological polar surface area (TPSA) is 109 Å². The number of ether oxygens (including phenoxy) is 2. The zero-order valence-electron chi connectivity index (χ0n) is 22.8. The Morgan fingerprint density at radius 2 is 2.00 bits per heavy atom. The highest BCUT2D eigenvalue weighted by Crippen LogP contribution is 2.32. The highest BCUT2D eigenvalue weighted by Gasteiger charge is 2.32. The van der Waals surface area contributed by atoms with Gasteiger partial charge in [0.2, 0.25) is 5.95 Å². The number of benzene rings is 1. The molecule has 0 spiro atoms. The fourth-order valence-electron chi connectivity index (χ4n) is 5.44. The van der Waals surface area contributed by atoms with E-state index >= 15 is 0 Å². The van der Waals surface area contributed by atoms with E-state index in [1.807, 2.05) is 42.6 Å². The summed E-state index contributed by atoms with van der Waals surface area (Å²) in [6, 6.07) is 7.93. The third-order valence-corrected chi connectivity index (χ3v) is 7.49. The highest BCUT2D eigenvalue weighted by atomic mass is 16.5. The molecule has 0 unspecified atom stereocenters. The molecule has 3 aromatic rings. The molecular weight excluding hydrogens is 494 g/mol. The first-order valence-corrected chi connectivity index (χ1v) is 13.5. The Balaban J connectivity index is 1.48. The Bertz CT molecular complexity index is 1370. The number of aromatic nitrogens is 3. The van der Waals surface area contributed by atoms with Crippen LogP contribution in [0.25, 0.3) is 0 Å². The van der Waals surface area contributed by atoms with Crippen molar-refractivity contribution in [2.24, 2.45) is 0 Å². The van der Waals surface area contributed by atoms with Gasteiger partial charge in [0, 0.05) is 63.4 Å². The van der Waals surface area contributed by atoms with Crippen LogP contribution in [0.1, 0.15) is 58.2 Å². The Morgan fingerprint density at radius 1 is 1.18 bits per heavy atom. The second-order valence-corrected chi connectivity index (χ2v) is 9.87. The zero-order valence-corrected chi connectivity index (χ0v) is 22.8. The summed E-state index contributed by atoms with van der Waals surface area (Å²) >= 11 is 0. The molecule has 10 nitrogen and oxygen atoms in total. The van der Waals surface area contributed by atoms with Crippen LogP contribution >= 0.6 is 0 Å². The summed E-state index contributed by atoms with van der Waals surface area (Å²) in [4.78, 5) is 27.2. The molecule has 2 aliphatic heterocycles. The minimum Gasteiger partial charge on any atom is -0.492 e. The minimum absolute atomic E-state index is 0.00239. The Morgan fingerprint density at radius 3 is 2.74 bits per heavy atom. The van der Waals surface area contributed by atoms with Gasteiger partial charge in [-0.25, -0.2) is 4.98 Å². The van der Waals surface area contributed by atoms with E-state index in [0.717, 1.165) is 61.9 Å². The number of imidazole rings is 1. The van der Waals surface area contributed by atoms with Crippen LogP contribution in [0.5, 0.6) is 5.75 Å². The number of rotatable bonds is 9. The van der Waals surface area contributed by atoms with Gasteiger partial charge in [0.1, 0.15) is 17.4 Å². The summed E-state index contributed by atoms with van der Waals surface area (Å²) in [6.07, 6.45) is 6.01. The lowest BCUT2D eigenvalue weighted by molar-refractivity contribution is 0.0339. The molecule has 2 aliphatic rings. The fourth-order valence-corrected chi connectivity index (χ4v) is 5.44. The number of nitriles is 1. The lowest BCUT2D eigenvalue weighted by Gasteiger charge is -2.35. The number of hydrogen-bond donors (Lipinski definition) is 1. The van der Waals surface area contributed by atoms with E-state index < -0.39 is 0 Å². The Kier molecular flexibility index (Phi) is 8.10. The number of fused-ring (bicyclic) bond motifs is 1. The average Bonchev–Trinajstić information content (AvgIpc) is 3.41. The molecule has 1 N–H and O–H groups in total. The molecule has 0 aliphatic carbocycles. The quantitative estimate of drug-likeness (QED) is 0.450. The standard InChI is InChI=1S/C29H35N7O3/c1-4-39-27-15-26(33-17-23(27)16-30)20(2)36-7-5-24-22(19-34-9-11-38-12-10-34)13-21(14-25(24)28(36)37)18-35-8-6-32-29(35)31-3/h6,8,13-15,17,20H,4-5,7,9-12,18-19H2,1-3H3,(H,31,32)/t20-/m0/s1. The molecule has 0 radical (unpaired) electrons. The van der Waals surface area contributed by atoms with Crippen molar-refractivity contribution in [2.45, 2.75) is 39.4 Å². The van der Waals surface area contributed by atoms with Crippen LogP contribution in [0.2, 0.25) is 0 Å². The molecule has 10 heteroatoms. The van der Waals surface area contributed by atoms with Crippen LogP contribution in [0.3, 0.4) is 0 Å². The monoisotopic (exact) mass is 529 g/mol. The first kappa shape index (κ1) is 26.7. The SMILES string of the molecule is CCOc1cc([C@H](C)N2CCc3c(CN4CCOCC4)cc(Cn4ccnc4NC)cc3C2=O)ncc1C#N. The van der Waals surface area contributed by atoms with Gasteiger partial charge in [-0.1, -0.05) is 6.07 Å². The number of amides is 1. The van der Waals surface area contributed by atoms with Gasteiger partial charge >= 0.3 is 0 Å². The van der Waals surface area contributed by atoms with Gasteiger partial charge in [0.25, 0.3) is 5.91 Å². The number of carbonyl (C=O) groups excluding carboxylic acids is 1. The summed E-state index contributed by atoms with van der Waals surface area (Å²) in [5.41, 5.74) is 5.23. The summed E-state index contributed by atoms with van der Waals surface area (Å²) in [7, 11) is 1.85. The van der Waals surface area contributed by atoms with Crippen molar-refractivity contribution in [3.8, 4) is 11.8 Å². The minimum atomic E-state index is -0.270. The Labute approximate surface area is 229 Å². The van der Waals surface area contributed by atoms with E-state index in [1.54, 1.807) is 12.3 Å². The number of hydrogen-bond acceptors (Lipinski definition) is 8. The first-order valence-electron chi connectivity index (χ1n) is 13.5. The molecule has 1 fully saturated rings. The van der Waals surface area contributed by atoms with Gasteiger partial charge in [-0.2, -0.15) is 5.26 Å². The number of nitrogens with zero attached hydrogens (tertiary/aromatic N) is 6. The van der Waals surface area contributed by atoms with Crippen molar-refractivity contribution in [1.29, 1.82) is 5.26 Å². The molecule has 4 heterocycles. The van der Waals surface area contributed by atoms with Crippen molar-refractivity contribution in [2.75, 3.05) is 51.8 Å². The van der Waals surface area contributed by atoms with E-state index in [4.69, 9.17) is 9.47 Å². The first-order chi connectivity index (χ1) is 19.0. The maximum Gasteiger partial charge on any atom is 0.254 e. The van der Waals surface area contributed by atoms with Crippen LogP contribution in [0.15, 0.2) is 36.8 Å². The van der Waals surface area contributed by atoms with Gasteiger partial charge in [0.15, 0.2) is 0 Å². The van der Waals surface area contributed by atoms with Crippen LogP contribution in [0, 0.1) is 11.3 Å². The van der Waals surface area contributed by atoms with E-state index in [9.17, 15) is 10.1 Å². The molecule has 0 saturated carbocycles. The zero-order chi connectivity index (χ0) is 27.4. The van der Waals surface area contributed by atoms with Gasteiger partial charge in [-0.05, 0) is 43.0 Å². The molecule has 1 atom stereocenters. The predicted molar refractivity (Wildman–Crippen MR) is 147 cm³/mol. The van der Waals surface area contributed by atoms with Gasteiger partial charge < -0.3 is 24.3 Å². The molecule has 0 bridgehead atoms. The van der Waals surface area contributed by atoms with Gasteiger partial charge in [-0.3, -0.25) is 14.7 Å². The second-order valence-electron chi connectivity index (χ2n) is 9.87. The molecular formula is C29H35N7O3.